The highest BCUT2D eigenvalue weighted by atomic mass is 35.5. The molecule has 0 radical (unpaired) electrons. The summed E-state index contributed by atoms with van der Waals surface area (Å²) in [6, 6.07) is 0. The third-order valence-electron chi connectivity index (χ3n) is 2.66. The van der Waals surface area contributed by atoms with Crippen molar-refractivity contribution in [3.63, 3.8) is 0 Å². The molecule has 0 amide bonds. The smallest absolute Gasteiger partial charge is 0.423 e. The van der Waals surface area contributed by atoms with Gasteiger partial charge in [0.05, 0.1) is 10.7 Å². The molecule has 0 saturated heterocycles. The summed E-state index contributed by atoms with van der Waals surface area (Å²) in [6.45, 7) is 5.13. The molecule has 0 fully saturated rings. The first-order valence-electron chi connectivity index (χ1n) is 5.82. The van der Waals surface area contributed by atoms with E-state index in [1.54, 1.807) is 0 Å². The minimum absolute atomic E-state index is 0.0456. The Balaban J connectivity index is 2.30. The molecule has 20 heavy (non-hydrogen) atoms. The molecular formula is C11H12ClF3N4O. The van der Waals surface area contributed by atoms with Crippen molar-refractivity contribution in [3.8, 4) is 0 Å². The monoisotopic (exact) mass is 308 g/mol. The van der Waals surface area contributed by atoms with E-state index in [0.717, 1.165) is 4.68 Å². The van der Waals surface area contributed by atoms with Gasteiger partial charge in [-0.15, -0.1) is 10.2 Å². The largest absolute Gasteiger partial charge is 0.436 e. The minimum atomic E-state index is -4.59. The van der Waals surface area contributed by atoms with Crippen LogP contribution in [-0.4, -0.2) is 20.0 Å². The van der Waals surface area contributed by atoms with Gasteiger partial charge in [0.15, 0.2) is 5.69 Å². The van der Waals surface area contributed by atoms with E-state index < -0.39 is 16.9 Å². The highest BCUT2D eigenvalue weighted by Gasteiger charge is 2.38. The standard InChI is InChI=1S/C11H12ClF3N4O/c1-5(2)10-17-16-7(20-10)4-19-6(3)8(12)9(18-19)11(13,14)15/h5H,4H2,1-3H3. The van der Waals surface area contributed by atoms with Gasteiger partial charge in [0.1, 0.15) is 6.54 Å². The van der Waals surface area contributed by atoms with Crippen LogP contribution in [0.1, 0.15) is 42.9 Å². The lowest BCUT2D eigenvalue weighted by Crippen LogP contribution is -2.09. The Morgan fingerprint density at radius 1 is 1.30 bits per heavy atom. The summed E-state index contributed by atoms with van der Waals surface area (Å²) < 4.78 is 44.5. The van der Waals surface area contributed by atoms with Crippen molar-refractivity contribution in [3.05, 3.63) is 28.2 Å². The predicted molar refractivity (Wildman–Crippen MR) is 64.5 cm³/mol. The zero-order valence-electron chi connectivity index (χ0n) is 11.0. The molecule has 2 heterocycles. The second kappa shape index (κ2) is 5.08. The Kier molecular flexibility index (Phi) is 3.77. The summed E-state index contributed by atoms with van der Waals surface area (Å²) >= 11 is 5.65. The fourth-order valence-electron chi connectivity index (χ4n) is 1.55. The molecule has 0 aromatic carbocycles. The summed E-state index contributed by atoms with van der Waals surface area (Å²) in [4.78, 5) is 0. The van der Waals surface area contributed by atoms with Crippen molar-refractivity contribution in [2.75, 3.05) is 0 Å². The molecule has 0 aliphatic heterocycles. The van der Waals surface area contributed by atoms with Crippen LogP contribution in [0.25, 0.3) is 0 Å². The van der Waals surface area contributed by atoms with E-state index in [-0.39, 0.29) is 24.0 Å². The molecule has 5 nitrogen and oxygen atoms in total. The second-order valence-corrected chi connectivity index (χ2v) is 4.97. The van der Waals surface area contributed by atoms with Gasteiger partial charge in [-0.1, -0.05) is 25.4 Å². The Labute approximate surface area is 117 Å². The molecule has 2 aromatic rings. The Bertz CT molecular complexity index is 618. The Hall–Kier alpha value is -1.57. The van der Waals surface area contributed by atoms with Crippen molar-refractivity contribution in [1.82, 2.24) is 20.0 Å². The van der Waals surface area contributed by atoms with Crippen molar-refractivity contribution in [2.45, 2.75) is 39.4 Å². The molecule has 2 aromatic heterocycles. The second-order valence-electron chi connectivity index (χ2n) is 4.59. The molecule has 0 unspecified atom stereocenters. The molecule has 0 aliphatic rings. The van der Waals surface area contributed by atoms with E-state index in [2.05, 4.69) is 15.3 Å². The van der Waals surface area contributed by atoms with Gasteiger partial charge in [-0.3, -0.25) is 4.68 Å². The first kappa shape index (κ1) is 14.8. The van der Waals surface area contributed by atoms with Gasteiger partial charge < -0.3 is 4.42 Å². The van der Waals surface area contributed by atoms with Crippen molar-refractivity contribution in [2.24, 2.45) is 0 Å². The minimum Gasteiger partial charge on any atom is -0.423 e. The van der Waals surface area contributed by atoms with Gasteiger partial charge in [0.25, 0.3) is 0 Å². The van der Waals surface area contributed by atoms with Crippen LogP contribution >= 0.6 is 11.6 Å². The third kappa shape index (κ3) is 2.79. The SMILES string of the molecule is Cc1c(Cl)c(C(F)(F)F)nn1Cc1nnc(C(C)C)o1. The van der Waals surface area contributed by atoms with Crippen LogP contribution in [0.2, 0.25) is 5.02 Å². The number of alkyl halides is 3. The van der Waals surface area contributed by atoms with Crippen LogP contribution in [0.3, 0.4) is 0 Å². The van der Waals surface area contributed by atoms with Crippen molar-refractivity contribution in [1.29, 1.82) is 0 Å². The Morgan fingerprint density at radius 2 is 1.95 bits per heavy atom. The van der Waals surface area contributed by atoms with Gasteiger partial charge in [0, 0.05) is 5.92 Å². The lowest BCUT2D eigenvalue weighted by Gasteiger charge is -2.01. The van der Waals surface area contributed by atoms with Gasteiger partial charge >= 0.3 is 6.18 Å². The Morgan fingerprint density at radius 3 is 2.40 bits per heavy atom. The number of hydrogen-bond donors (Lipinski definition) is 0. The lowest BCUT2D eigenvalue weighted by atomic mass is 10.2. The molecule has 0 spiro atoms. The van der Waals surface area contributed by atoms with Crippen LogP contribution in [0.4, 0.5) is 13.2 Å². The van der Waals surface area contributed by atoms with Crippen LogP contribution in [-0.2, 0) is 12.7 Å². The number of aromatic nitrogens is 4. The van der Waals surface area contributed by atoms with E-state index >= 15 is 0 Å². The first-order chi connectivity index (χ1) is 9.20. The fourth-order valence-corrected chi connectivity index (χ4v) is 1.79. The zero-order chi connectivity index (χ0) is 15.1. The van der Waals surface area contributed by atoms with Crippen LogP contribution < -0.4 is 0 Å². The van der Waals surface area contributed by atoms with Gasteiger partial charge in [-0.25, -0.2) is 0 Å². The molecule has 110 valence electrons. The van der Waals surface area contributed by atoms with Crippen LogP contribution in [0.15, 0.2) is 4.42 Å². The highest BCUT2D eigenvalue weighted by Crippen LogP contribution is 2.35. The summed E-state index contributed by atoms with van der Waals surface area (Å²) in [7, 11) is 0. The molecule has 0 N–H and O–H groups in total. The van der Waals surface area contributed by atoms with Gasteiger partial charge in [-0.05, 0) is 6.92 Å². The molecule has 0 saturated carbocycles. The molecule has 0 aliphatic carbocycles. The molecule has 2 rings (SSSR count). The fraction of sp³-hybridized carbons (Fsp3) is 0.545. The molecule has 0 bridgehead atoms. The van der Waals surface area contributed by atoms with Crippen molar-refractivity contribution < 1.29 is 17.6 Å². The van der Waals surface area contributed by atoms with Crippen LogP contribution in [0, 0.1) is 6.92 Å². The number of halogens is 4. The van der Waals surface area contributed by atoms with E-state index in [1.807, 2.05) is 13.8 Å². The maximum atomic E-state index is 12.7. The average Bonchev–Trinajstić information content (AvgIpc) is 2.89. The van der Waals surface area contributed by atoms with Crippen LogP contribution in [0.5, 0.6) is 0 Å². The van der Waals surface area contributed by atoms with E-state index in [9.17, 15) is 13.2 Å². The van der Waals surface area contributed by atoms with E-state index in [0.29, 0.717) is 5.89 Å². The number of rotatable bonds is 3. The summed E-state index contributed by atoms with van der Waals surface area (Å²) in [5, 5.41) is 10.6. The normalized spacial score (nSPS) is 12.4. The molecule has 9 heteroatoms. The summed E-state index contributed by atoms with van der Waals surface area (Å²) in [6.07, 6.45) is -4.59. The number of nitrogens with zero attached hydrogens (tertiary/aromatic N) is 4. The molecule has 0 atom stereocenters. The lowest BCUT2D eigenvalue weighted by molar-refractivity contribution is -0.141. The average molecular weight is 309 g/mol. The first-order valence-corrected chi connectivity index (χ1v) is 6.20. The maximum Gasteiger partial charge on any atom is 0.436 e. The van der Waals surface area contributed by atoms with Crippen molar-refractivity contribution >= 4 is 11.6 Å². The predicted octanol–water partition coefficient (Wildman–Crippen LogP) is 3.42. The quantitative estimate of drug-likeness (QED) is 0.872. The van der Waals surface area contributed by atoms with E-state index in [1.165, 1.54) is 6.92 Å². The van der Waals surface area contributed by atoms with E-state index in [4.69, 9.17) is 16.0 Å². The maximum absolute atomic E-state index is 12.7. The van der Waals surface area contributed by atoms with Gasteiger partial charge in [-0.2, -0.15) is 18.3 Å². The van der Waals surface area contributed by atoms with Gasteiger partial charge in [0.2, 0.25) is 11.8 Å². The zero-order valence-corrected chi connectivity index (χ0v) is 11.7. The molecular weight excluding hydrogens is 297 g/mol. The third-order valence-corrected chi connectivity index (χ3v) is 3.12. The summed E-state index contributed by atoms with van der Waals surface area (Å²) in [5.74, 6) is 0.654. The summed E-state index contributed by atoms with van der Waals surface area (Å²) in [5.41, 5.74) is -0.913. The number of hydrogen-bond acceptors (Lipinski definition) is 4. The highest BCUT2D eigenvalue weighted by molar-refractivity contribution is 6.31. The topological polar surface area (TPSA) is 56.7 Å².